The third-order valence-electron chi connectivity index (χ3n) is 1.79. The SMILES string of the molecule is CCOC(=O)C(C)CS(=O)(=O)CCOC. The van der Waals surface area contributed by atoms with Crippen molar-refractivity contribution in [3.63, 3.8) is 0 Å². The molecule has 0 saturated carbocycles. The molecule has 0 aliphatic carbocycles. The highest BCUT2D eigenvalue weighted by atomic mass is 32.2. The number of carbonyl (C=O) groups is 1. The molecule has 90 valence electrons. The minimum Gasteiger partial charge on any atom is -0.466 e. The van der Waals surface area contributed by atoms with Crippen LogP contribution in [0.25, 0.3) is 0 Å². The fourth-order valence-electron chi connectivity index (χ4n) is 1.03. The van der Waals surface area contributed by atoms with Gasteiger partial charge in [0.2, 0.25) is 0 Å². The molecule has 0 fully saturated rings. The van der Waals surface area contributed by atoms with Crippen LogP contribution in [0.3, 0.4) is 0 Å². The molecule has 15 heavy (non-hydrogen) atoms. The van der Waals surface area contributed by atoms with Crippen molar-refractivity contribution in [3.05, 3.63) is 0 Å². The first-order valence-corrected chi connectivity index (χ1v) is 6.61. The number of hydrogen-bond donors (Lipinski definition) is 0. The van der Waals surface area contributed by atoms with Crippen LogP contribution >= 0.6 is 0 Å². The van der Waals surface area contributed by atoms with Gasteiger partial charge in [-0.1, -0.05) is 6.92 Å². The molecule has 0 amide bonds. The fourth-order valence-corrected chi connectivity index (χ4v) is 2.51. The molecule has 1 unspecified atom stereocenters. The van der Waals surface area contributed by atoms with E-state index in [4.69, 9.17) is 4.74 Å². The Bertz CT molecular complexity index is 283. The highest BCUT2D eigenvalue weighted by molar-refractivity contribution is 7.91. The molecule has 0 bridgehead atoms. The third kappa shape index (κ3) is 6.46. The molecule has 0 aliphatic rings. The lowest BCUT2D eigenvalue weighted by atomic mass is 10.2. The molecule has 0 N–H and O–H groups in total. The lowest BCUT2D eigenvalue weighted by Gasteiger charge is -2.10. The molecule has 0 radical (unpaired) electrons. The summed E-state index contributed by atoms with van der Waals surface area (Å²) in [6, 6.07) is 0. The number of rotatable bonds is 7. The Morgan fingerprint density at radius 2 is 2.00 bits per heavy atom. The number of ether oxygens (including phenoxy) is 2. The molecule has 0 aromatic heterocycles. The Morgan fingerprint density at radius 1 is 1.40 bits per heavy atom. The van der Waals surface area contributed by atoms with Gasteiger partial charge in [0.25, 0.3) is 0 Å². The normalized spacial score (nSPS) is 13.5. The van der Waals surface area contributed by atoms with Crippen molar-refractivity contribution in [2.45, 2.75) is 13.8 Å². The molecule has 0 spiro atoms. The summed E-state index contributed by atoms with van der Waals surface area (Å²) in [6.45, 7) is 3.64. The van der Waals surface area contributed by atoms with E-state index in [2.05, 4.69) is 4.74 Å². The van der Waals surface area contributed by atoms with E-state index in [1.165, 1.54) is 7.11 Å². The third-order valence-corrected chi connectivity index (χ3v) is 3.59. The molecule has 0 aromatic carbocycles. The van der Waals surface area contributed by atoms with Gasteiger partial charge in [-0.05, 0) is 6.92 Å². The van der Waals surface area contributed by atoms with Crippen LogP contribution in [0.2, 0.25) is 0 Å². The molecule has 0 heterocycles. The van der Waals surface area contributed by atoms with Gasteiger partial charge in [-0.2, -0.15) is 0 Å². The number of carbonyl (C=O) groups excluding carboxylic acids is 1. The molecular weight excluding hydrogens is 220 g/mol. The predicted molar refractivity (Wildman–Crippen MR) is 56.3 cm³/mol. The second-order valence-corrected chi connectivity index (χ2v) is 5.49. The van der Waals surface area contributed by atoms with Crippen LogP contribution < -0.4 is 0 Å². The molecule has 1 atom stereocenters. The summed E-state index contributed by atoms with van der Waals surface area (Å²) in [7, 11) is -1.80. The summed E-state index contributed by atoms with van der Waals surface area (Å²) in [5.41, 5.74) is 0. The monoisotopic (exact) mass is 238 g/mol. The summed E-state index contributed by atoms with van der Waals surface area (Å²) < 4.78 is 32.2. The van der Waals surface area contributed by atoms with E-state index in [1.807, 2.05) is 0 Å². The average molecular weight is 238 g/mol. The van der Waals surface area contributed by atoms with E-state index in [1.54, 1.807) is 13.8 Å². The summed E-state index contributed by atoms with van der Waals surface area (Å²) in [6.07, 6.45) is 0. The first-order valence-electron chi connectivity index (χ1n) is 4.79. The Labute approximate surface area is 90.7 Å². The summed E-state index contributed by atoms with van der Waals surface area (Å²) in [5, 5.41) is 0. The zero-order valence-corrected chi connectivity index (χ0v) is 10.2. The van der Waals surface area contributed by atoms with Gasteiger partial charge in [-0.15, -0.1) is 0 Å². The standard InChI is InChI=1S/C9H18O5S/c1-4-14-9(10)8(2)7-15(11,12)6-5-13-3/h8H,4-7H2,1-3H3. The molecule has 5 nitrogen and oxygen atoms in total. The lowest BCUT2D eigenvalue weighted by molar-refractivity contribution is -0.146. The average Bonchev–Trinajstić information content (AvgIpc) is 2.14. The van der Waals surface area contributed by atoms with Gasteiger partial charge in [0.1, 0.15) is 0 Å². The van der Waals surface area contributed by atoms with Crippen LogP contribution in [0.1, 0.15) is 13.8 Å². The molecule has 0 aliphatic heterocycles. The largest absolute Gasteiger partial charge is 0.466 e. The maximum atomic E-state index is 11.4. The molecule has 0 rings (SSSR count). The Morgan fingerprint density at radius 3 is 2.47 bits per heavy atom. The smallest absolute Gasteiger partial charge is 0.309 e. The molecule has 0 aromatic rings. The van der Waals surface area contributed by atoms with Gasteiger partial charge in [0.15, 0.2) is 9.84 Å². The first kappa shape index (κ1) is 14.4. The topological polar surface area (TPSA) is 69.7 Å². The maximum Gasteiger partial charge on any atom is 0.309 e. The van der Waals surface area contributed by atoms with Gasteiger partial charge in [0.05, 0.1) is 30.6 Å². The summed E-state index contributed by atoms with van der Waals surface area (Å²) in [5.74, 6) is -1.34. The van der Waals surface area contributed by atoms with Crippen molar-refractivity contribution < 1.29 is 22.7 Å². The number of esters is 1. The van der Waals surface area contributed by atoms with Crippen LogP contribution in [-0.2, 0) is 24.1 Å². The van der Waals surface area contributed by atoms with Crippen molar-refractivity contribution in [1.82, 2.24) is 0 Å². The van der Waals surface area contributed by atoms with Crippen molar-refractivity contribution in [3.8, 4) is 0 Å². The highest BCUT2D eigenvalue weighted by Crippen LogP contribution is 2.04. The van der Waals surface area contributed by atoms with Crippen LogP contribution in [0, 0.1) is 5.92 Å². The highest BCUT2D eigenvalue weighted by Gasteiger charge is 2.22. The number of sulfone groups is 1. The number of hydrogen-bond acceptors (Lipinski definition) is 5. The van der Waals surface area contributed by atoms with Crippen LogP contribution in [-0.4, -0.2) is 46.2 Å². The zero-order valence-electron chi connectivity index (χ0n) is 9.36. The van der Waals surface area contributed by atoms with E-state index < -0.39 is 21.7 Å². The van der Waals surface area contributed by atoms with Gasteiger partial charge < -0.3 is 9.47 Å². The van der Waals surface area contributed by atoms with Gasteiger partial charge in [-0.3, -0.25) is 4.79 Å². The second kappa shape index (κ2) is 6.79. The van der Waals surface area contributed by atoms with E-state index >= 15 is 0 Å². The lowest BCUT2D eigenvalue weighted by Crippen LogP contribution is -2.26. The quantitative estimate of drug-likeness (QED) is 0.594. The minimum absolute atomic E-state index is 0.0623. The summed E-state index contributed by atoms with van der Waals surface area (Å²) in [4.78, 5) is 11.2. The Kier molecular flexibility index (Phi) is 6.51. The van der Waals surface area contributed by atoms with Gasteiger partial charge >= 0.3 is 5.97 Å². The van der Waals surface area contributed by atoms with Crippen molar-refractivity contribution in [1.29, 1.82) is 0 Å². The first-order chi connectivity index (χ1) is 6.93. The molecular formula is C9H18O5S. The van der Waals surface area contributed by atoms with E-state index in [0.29, 0.717) is 0 Å². The van der Waals surface area contributed by atoms with E-state index in [0.717, 1.165) is 0 Å². The Balaban J connectivity index is 4.15. The Hall–Kier alpha value is -0.620. The summed E-state index contributed by atoms with van der Waals surface area (Å²) >= 11 is 0. The van der Waals surface area contributed by atoms with Gasteiger partial charge in [0, 0.05) is 7.11 Å². The van der Waals surface area contributed by atoms with Crippen molar-refractivity contribution in [2.24, 2.45) is 5.92 Å². The minimum atomic E-state index is -3.23. The van der Waals surface area contributed by atoms with Crippen LogP contribution in [0.5, 0.6) is 0 Å². The van der Waals surface area contributed by atoms with E-state index in [9.17, 15) is 13.2 Å². The number of methoxy groups -OCH3 is 1. The molecule has 0 saturated heterocycles. The maximum absolute atomic E-state index is 11.4. The van der Waals surface area contributed by atoms with E-state index in [-0.39, 0.29) is 24.7 Å². The molecule has 6 heteroatoms. The van der Waals surface area contributed by atoms with Crippen molar-refractivity contribution in [2.75, 3.05) is 31.8 Å². The fraction of sp³-hybridized carbons (Fsp3) is 0.889. The predicted octanol–water partition coefficient (Wildman–Crippen LogP) is 0.247. The van der Waals surface area contributed by atoms with Crippen molar-refractivity contribution >= 4 is 15.8 Å². The zero-order chi connectivity index (χ0) is 11.9. The second-order valence-electron chi connectivity index (χ2n) is 3.26. The van der Waals surface area contributed by atoms with Crippen LogP contribution in [0.15, 0.2) is 0 Å². The van der Waals surface area contributed by atoms with Crippen LogP contribution in [0.4, 0.5) is 0 Å². The van der Waals surface area contributed by atoms with Gasteiger partial charge in [-0.25, -0.2) is 8.42 Å².